The molecule has 4 aliphatic heterocycles. The number of fused-ring (bicyclic) bond motifs is 1. The van der Waals surface area contributed by atoms with Crippen LogP contribution >= 0.6 is 0 Å². The van der Waals surface area contributed by atoms with Gasteiger partial charge in [-0.3, -0.25) is 9.69 Å². The van der Waals surface area contributed by atoms with Gasteiger partial charge in [0.2, 0.25) is 5.91 Å². The van der Waals surface area contributed by atoms with Crippen molar-refractivity contribution in [2.75, 3.05) is 45.9 Å². The van der Waals surface area contributed by atoms with Crippen LogP contribution in [0.15, 0.2) is 0 Å². The minimum absolute atomic E-state index is 0.00383. The van der Waals surface area contributed by atoms with E-state index in [1.54, 1.807) is 0 Å². The summed E-state index contributed by atoms with van der Waals surface area (Å²) in [5, 5.41) is 2.95. The first-order chi connectivity index (χ1) is 14.4. The summed E-state index contributed by atoms with van der Waals surface area (Å²) in [6.07, 6.45) is 4.79. The Labute approximate surface area is 176 Å². The van der Waals surface area contributed by atoms with Gasteiger partial charge in [-0.2, -0.15) is 0 Å². The molecule has 4 heterocycles. The fourth-order valence-electron chi connectivity index (χ4n) is 6.07. The SMILES string of the molecule is O=C1CO[C@H]2CCN(C(=O)N3CCC(C4(N5CCC(F)(F)CC5)CC4)CC3)C[C@H]2N1. The number of carbonyl (C=O) groups excluding carboxylic acids is 2. The highest BCUT2D eigenvalue weighted by atomic mass is 19.3. The summed E-state index contributed by atoms with van der Waals surface area (Å²) in [7, 11) is 0. The maximum Gasteiger partial charge on any atom is 0.320 e. The molecule has 1 aliphatic carbocycles. The molecule has 5 rings (SSSR count). The van der Waals surface area contributed by atoms with Crippen LogP contribution in [0.5, 0.6) is 0 Å². The molecule has 1 saturated carbocycles. The van der Waals surface area contributed by atoms with Crippen molar-refractivity contribution in [2.24, 2.45) is 5.92 Å². The number of nitrogens with zero attached hydrogens (tertiary/aromatic N) is 3. The van der Waals surface area contributed by atoms with Gasteiger partial charge < -0.3 is 19.9 Å². The number of hydrogen-bond donors (Lipinski definition) is 1. The lowest BCUT2D eigenvalue weighted by Crippen LogP contribution is -2.62. The van der Waals surface area contributed by atoms with Crippen LogP contribution in [0.25, 0.3) is 0 Å². The van der Waals surface area contributed by atoms with Crippen molar-refractivity contribution in [1.82, 2.24) is 20.0 Å². The molecule has 9 heteroatoms. The molecule has 0 aromatic carbocycles. The molecule has 0 radical (unpaired) electrons. The quantitative estimate of drug-likeness (QED) is 0.730. The monoisotopic (exact) mass is 426 g/mol. The Balaban J connectivity index is 1.14. The van der Waals surface area contributed by atoms with Crippen molar-refractivity contribution in [3.8, 4) is 0 Å². The van der Waals surface area contributed by atoms with Crippen molar-refractivity contribution < 1.29 is 23.1 Å². The second-order valence-corrected chi connectivity index (χ2v) is 9.75. The fourth-order valence-corrected chi connectivity index (χ4v) is 6.07. The molecule has 168 valence electrons. The van der Waals surface area contributed by atoms with Crippen LogP contribution in [-0.2, 0) is 9.53 Å². The first kappa shape index (κ1) is 20.4. The molecule has 0 aromatic heterocycles. The van der Waals surface area contributed by atoms with Crippen molar-refractivity contribution in [3.05, 3.63) is 0 Å². The first-order valence-electron chi connectivity index (χ1n) is 11.4. The number of amides is 3. The van der Waals surface area contributed by atoms with E-state index in [9.17, 15) is 18.4 Å². The summed E-state index contributed by atoms with van der Waals surface area (Å²) in [6, 6.07) is -0.0670. The largest absolute Gasteiger partial charge is 0.366 e. The van der Waals surface area contributed by atoms with E-state index in [2.05, 4.69) is 10.2 Å². The Morgan fingerprint density at radius 3 is 2.30 bits per heavy atom. The van der Waals surface area contributed by atoms with E-state index in [0.717, 1.165) is 45.2 Å². The predicted octanol–water partition coefficient (Wildman–Crippen LogP) is 1.67. The van der Waals surface area contributed by atoms with Crippen LogP contribution < -0.4 is 5.32 Å². The number of rotatable bonds is 2. The molecule has 30 heavy (non-hydrogen) atoms. The molecule has 0 unspecified atom stereocenters. The molecule has 4 saturated heterocycles. The van der Waals surface area contributed by atoms with Gasteiger partial charge in [-0.25, -0.2) is 13.6 Å². The standard InChI is InChI=1S/C21H32F2N4O3/c22-21(23)6-11-27(12-7-21)20(4-5-20)15-1-8-25(9-2-15)19(29)26-10-3-17-16(13-26)24-18(28)14-30-17/h15-17H,1-14H2,(H,24,28)/t16-,17+/m1/s1. The van der Waals surface area contributed by atoms with Gasteiger partial charge in [0.05, 0.1) is 12.1 Å². The van der Waals surface area contributed by atoms with Crippen molar-refractivity contribution in [3.63, 3.8) is 0 Å². The lowest BCUT2D eigenvalue weighted by molar-refractivity contribution is -0.139. The van der Waals surface area contributed by atoms with Gasteiger partial charge in [-0.1, -0.05) is 0 Å². The second-order valence-electron chi connectivity index (χ2n) is 9.75. The number of likely N-dealkylation sites (tertiary alicyclic amines) is 3. The molecule has 0 spiro atoms. The zero-order chi connectivity index (χ0) is 20.9. The highest BCUT2D eigenvalue weighted by Crippen LogP contribution is 2.53. The van der Waals surface area contributed by atoms with E-state index in [4.69, 9.17) is 4.74 Å². The van der Waals surface area contributed by atoms with E-state index >= 15 is 0 Å². The highest BCUT2D eigenvalue weighted by molar-refractivity contribution is 5.79. The second kappa shape index (κ2) is 7.58. The van der Waals surface area contributed by atoms with Crippen LogP contribution in [0.3, 0.4) is 0 Å². The van der Waals surface area contributed by atoms with E-state index in [1.165, 1.54) is 0 Å². The first-order valence-corrected chi connectivity index (χ1v) is 11.4. The predicted molar refractivity (Wildman–Crippen MR) is 105 cm³/mol. The summed E-state index contributed by atoms with van der Waals surface area (Å²) in [4.78, 5) is 30.8. The average Bonchev–Trinajstić information content (AvgIpc) is 3.54. The molecule has 0 aromatic rings. The number of urea groups is 1. The van der Waals surface area contributed by atoms with Crippen LogP contribution in [0, 0.1) is 5.92 Å². The highest BCUT2D eigenvalue weighted by Gasteiger charge is 2.55. The zero-order valence-corrected chi connectivity index (χ0v) is 17.5. The third-order valence-electron chi connectivity index (χ3n) is 8.01. The molecule has 3 amide bonds. The van der Waals surface area contributed by atoms with Gasteiger partial charge in [0.25, 0.3) is 5.92 Å². The van der Waals surface area contributed by atoms with Gasteiger partial charge in [0, 0.05) is 57.6 Å². The molecule has 0 bridgehead atoms. The average molecular weight is 427 g/mol. The van der Waals surface area contributed by atoms with Gasteiger partial charge in [0.1, 0.15) is 6.61 Å². The molecule has 2 atom stereocenters. The van der Waals surface area contributed by atoms with Gasteiger partial charge in [-0.05, 0) is 38.0 Å². The minimum atomic E-state index is -2.50. The topological polar surface area (TPSA) is 65.1 Å². The molecule has 1 N–H and O–H groups in total. The lowest BCUT2D eigenvalue weighted by atomic mass is 9.85. The molecular formula is C21H32F2N4O3. The van der Waals surface area contributed by atoms with Crippen molar-refractivity contribution in [1.29, 1.82) is 0 Å². The van der Waals surface area contributed by atoms with Crippen molar-refractivity contribution in [2.45, 2.75) is 68.6 Å². The van der Waals surface area contributed by atoms with E-state index in [0.29, 0.717) is 32.1 Å². The maximum atomic E-state index is 13.6. The molecular weight excluding hydrogens is 394 g/mol. The third kappa shape index (κ3) is 3.79. The van der Waals surface area contributed by atoms with E-state index in [-0.39, 0.29) is 49.1 Å². The number of piperidine rings is 3. The van der Waals surface area contributed by atoms with E-state index < -0.39 is 5.92 Å². The third-order valence-corrected chi connectivity index (χ3v) is 8.01. The smallest absolute Gasteiger partial charge is 0.320 e. The number of nitrogens with one attached hydrogen (secondary N) is 1. The Morgan fingerprint density at radius 2 is 1.63 bits per heavy atom. The minimum Gasteiger partial charge on any atom is -0.366 e. The summed E-state index contributed by atoms with van der Waals surface area (Å²) in [6.45, 7) is 3.71. The summed E-state index contributed by atoms with van der Waals surface area (Å²) in [5.41, 5.74) is 0.105. The number of carbonyl (C=O) groups is 2. The fraction of sp³-hybridized carbons (Fsp3) is 0.905. The Morgan fingerprint density at radius 1 is 0.967 bits per heavy atom. The van der Waals surface area contributed by atoms with Gasteiger partial charge in [0.15, 0.2) is 0 Å². The number of morpholine rings is 1. The summed E-state index contributed by atoms with van der Waals surface area (Å²) in [5.74, 6) is -2.12. The number of halogens is 2. The van der Waals surface area contributed by atoms with Crippen LogP contribution in [0.4, 0.5) is 13.6 Å². The maximum absolute atomic E-state index is 13.6. The van der Waals surface area contributed by atoms with Crippen molar-refractivity contribution >= 4 is 11.9 Å². The molecule has 7 nitrogen and oxygen atoms in total. The molecule has 5 aliphatic rings. The van der Waals surface area contributed by atoms with Gasteiger partial charge >= 0.3 is 6.03 Å². The van der Waals surface area contributed by atoms with Gasteiger partial charge in [-0.15, -0.1) is 0 Å². The van der Waals surface area contributed by atoms with Crippen LogP contribution in [-0.4, -0.2) is 96.1 Å². The molecule has 5 fully saturated rings. The Hall–Kier alpha value is -1.48. The number of alkyl halides is 2. The summed E-state index contributed by atoms with van der Waals surface area (Å²) >= 11 is 0. The number of hydrogen-bond acceptors (Lipinski definition) is 4. The normalized spacial score (nSPS) is 34.3. The summed E-state index contributed by atoms with van der Waals surface area (Å²) < 4.78 is 32.7. The Bertz CT molecular complexity index is 684. The number of ether oxygens (including phenoxy) is 1. The van der Waals surface area contributed by atoms with Crippen LogP contribution in [0.1, 0.15) is 44.9 Å². The van der Waals surface area contributed by atoms with E-state index in [1.807, 2.05) is 9.80 Å². The lowest BCUT2D eigenvalue weighted by Gasteiger charge is -2.46. The van der Waals surface area contributed by atoms with Crippen LogP contribution in [0.2, 0.25) is 0 Å². The Kier molecular flexibility index (Phi) is 5.16. The zero-order valence-electron chi connectivity index (χ0n) is 17.5.